The zero-order valence-electron chi connectivity index (χ0n) is 11.5. The molecule has 0 amide bonds. The van der Waals surface area contributed by atoms with E-state index in [-0.39, 0.29) is 10.6 Å². The first-order chi connectivity index (χ1) is 9.82. The molecule has 0 aliphatic heterocycles. The third-order valence-electron chi connectivity index (χ3n) is 4.57. The van der Waals surface area contributed by atoms with E-state index >= 15 is 0 Å². The molecule has 3 N–H and O–H groups in total. The lowest BCUT2D eigenvalue weighted by atomic mass is 10.00. The number of halogens is 3. The largest absolute Gasteiger partial charge is 0.417 e. The molecule has 0 spiro atoms. The summed E-state index contributed by atoms with van der Waals surface area (Å²) in [7, 11) is 0. The summed E-state index contributed by atoms with van der Waals surface area (Å²) in [4.78, 5) is -0.231. The van der Waals surface area contributed by atoms with Crippen molar-refractivity contribution in [1.29, 1.82) is 0 Å². The number of benzene rings is 1. The predicted molar refractivity (Wildman–Crippen MR) is 80.2 cm³/mol. The standard InChI is InChI=1S/C15H17F3N2S/c16-15(17,18)12-7-10(3-4-11(12)13(19)21)20-8-14(5-6-14)9-1-2-9/h3-4,7,9,20H,1-2,5-6,8H2,(H2,19,21). The molecular weight excluding hydrogens is 297 g/mol. The van der Waals surface area contributed by atoms with E-state index in [2.05, 4.69) is 5.32 Å². The molecular formula is C15H17F3N2S. The maximum absolute atomic E-state index is 13.1. The fourth-order valence-electron chi connectivity index (χ4n) is 2.97. The van der Waals surface area contributed by atoms with Gasteiger partial charge >= 0.3 is 6.18 Å². The van der Waals surface area contributed by atoms with Gasteiger partial charge in [0.2, 0.25) is 0 Å². The van der Waals surface area contributed by atoms with Crippen LogP contribution in [0, 0.1) is 11.3 Å². The van der Waals surface area contributed by atoms with Crippen molar-refractivity contribution in [2.24, 2.45) is 17.1 Å². The van der Waals surface area contributed by atoms with Gasteiger partial charge in [0.05, 0.1) is 5.56 Å². The molecule has 0 aromatic heterocycles. The predicted octanol–water partition coefficient (Wildman–Crippen LogP) is 3.94. The first kappa shape index (κ1) is 14.6. The van der Waals surface area contributed by atoms with Crippen molar-refractivity contribution in [3.05, 3.63) is 29.3 Å². The van der Waals surface area contributed by atoms with Gasteiger partial charge in [-0.2, -0.15) is 13.2 Å². The van der Waals surface area contributed by atoms with Crippen LogP contribution in [0.2, 0.25) is 0 Å². The minimum atomic E-state index is -4.45. The highest BCUT2D eigenvalue weighted by Crippen LogP contribution is 2.61. The van der Waals surface area contributed by atoms with Crippen LogP contribution in [-0.4, -0.2) is 11.5 Å². The summed E-state index contributed by atoms with van der Waals surface area (Å²) in [5.41, 5.74) is 5.30. The van der Waals surface area contributed by atoms with Gasteiger partial charge in [-0.05, 0) is 55.2 Å². The summed E-state index contributed by atoms with van der Waals surface area (Å²) >= 11 is 4.70. The van der Waals surface area contributed by atoms with E-state index in [4.69, 9.17) is 18.0 Å². The maximum atomic E-state index is 13.1. The number of rotatable bonds is 5. The summed E-state index contributed by atoms with van der Waals surface area (Å²) < 4.78 is 39.2. The van der Waals surface area contributed by atoms with Crippen LogP contribution in [0.5, 0.6) is 0 Å². The number of alkyl halides is 3. The lowest BCUT2D eigenvalue weighted by Crippen LogP contribution is -2.20. The average molecular weight is 314 g/mol. The van der Waals surface area contributed by atoms with Crippen molar-refractivity contribution in [3.63, 3.8) is 0 Å². The Kier molecular flexibility index (Phi) is 3.39. The topological polar surface area (TPSA) is 38.0 Å². The molecule has 2 fully saturated rings. The van der Waals surface area contributed by atoms with Crippen LogP contribution in [0.1, 0.15) is 36.8 Å². The number of hydrogen-bond acceptors (Lipinski definition) is 2. The van der Waals surface area contributed by atoms with Gasteiger partial charge in [-0.3, -0.25) is 0 Å². The van der Waals surface area contributed by atoms with E-state index in [1.807, 2.05) is 0 Å². The highest BCUT2D eigenvalue weighted by atomic mass is 32.1. The second kappa shape index (κ2) is 4.87. The van der Waals surface area contributed by atoms with Crippen LogP contribution in [0.25, 0.3) is 0 Å². The molecule has 3 rings (SSSR count). The van der Waals surface area contributed by atoms with Crippen LogP contribution in [0.3, 0.4) is 0 Å². The van der Waals surface area contributed by atoms with E-state index in [0.717, 1.165) is 18.5 Å². The van der Waals surface area contributed by atoms with Crippen LogP contribution in [0.4, 0.5) is 18.9 Å². The molecule has 6 heteroatoms. The van der Waals surface area contributed by atoms with Crippen molar-refractivity contribution in [1.82, 2.24) is 0 Å². The van der Waals surface area contributed by atoms with Crippen LogP contribution >= 0.6 is 12.2 Å². The second-order valence-corrected chi connectivity index (χ2v) is 6.55. The van der Waals surface area contributed by atoms with Gasteiger partial charge in [0.1, 0.15) is 4.99 Å². The van der Waals surface area contributed by atoms with Gasteiger partial charge in [0.15, 0.2) is 0 Å². The Labute approximate surface area is 126 Å². The summed E-state index contributed by atoms with van der Waals surface area (Å²) in [5.74, 6) is 0.767. The van der Waals surface area contributed by atoms with E-state index in [1.165, 1.54) is 31.7 Å². The van der Waals surface area contributed by atoms with Crippen molar-refractivity contribution in [2.45, 2.75) is 31.9 Å². The smallest absolute Gasteiger partial charge is 0.389 e. The number of nitrogens with two attached hydrogens (primary N) is 1. The van der Waals surface area contributed by atoms with Gasteiger partial charge in [-0.1, -0.05) is 12.2 Å². The van der Waals surface area contributed by atoms with E-state index in [0.29, 0.717) is 11.1 Å². The fraction of sp³-hybridized carbons (Fsp3) is 0.533. The Morgan fingerprint density at radius 1 is 1.33 bits per heavy atom. The fourth-order valence-corrected chi connectivity index (χ4v) is 3.15. The van der Waals surface area contributed by atoms with Gasteiger partial charge in [0, 0.05) is 17.8 Å². The Morgan fingerprint density at radius 3 is 2.48 bits per heavy atom. The number of anilines is 1. The molecule has 0 heterocycles. The maximum Gasteiger partial charge on any atom is 0.417 e. The molecule has 1 aromatic carbocycles. The van der Waals surface area contributed by atoms with E-state index < -0.39 is 11.7 Å². The molecule has 0 bridgehead atoms. The molecule has 2 nitrogen and oxygen atoms in total. The molecule has 0 radical (unpaired) electrons. The van der Waals surface area contributed by atoms with Crippen molar-refractivity contribution < 1.29 is 13.2 Å². The third-order valence-corrected chi connectivity index (χ3v) is 4.79. The Hall–Kier alpha value is -1.30. The Bertz CT molecular complexity index is 575. The molecule has 21 heavy (non-hydrogen) atoms. The highest BCUT2D eigenvalue weighted by Gasteiger charge is 2.53. The third kappa shape index (κ3) is 3.00. The Balaban J connectivity index is 1.78. The molecule has 2 aliphatic carbocycles. The first-order valence-corrected chi connectivity index (χ1v) is 7.48. The molecule has 2 saturated carbocycles. The summed E-state index contributed by atoms with van der Waals surface area (Å²) in [6, 6.07) is 4.08. The summed E-state index contributed by atoms with van der Waals surface area (Å²) in [6.45, 7) is 0.751. The minimum absolute atomic E-state index is 0.119. The van der Waals surface area contributed by atoms with Gasteiger partial charge in [0.25, 0.3) is 0 Å². The Morgan fingerprint density at radius 2 is 2.00 bits per heavy atom. The molecule has 1 aromatic rings. The quantitative estimate of drug-likeness (QED) is 0.809. The highest BCUT2D eigenvalue weighted by molar-refractivity contribution is 7.80. The van der Waals surface area contributed by atoms with E-state index in [9.17, 15) is 13.2 Å². The number of hydrogen-bond donors (Lipinski definition) is 2. The SMILES string of the molecule is NC(=S)c1ccc(NCC2(C3CC3)CC2)cc1C(F)(F)F. The minimum Gasteiger partial charge on any atom is -0.389 e. The monoisotopic (exact) mass is 314 g/mol. The normalized spacial score (nSPS) is 20.1. The van der Waals surface area contributed by atoms with Crippen molar-refractivity contribution in [2.75, 3.05) is 11.9 Å². The number of nitrogens with one attached hydrogen (secondary N) is 1. The van der Waals surface area contributed by atoms with Gasteiger partial charge in [-0.25, -0.2) is 0 Å². The first-order valence-electron chi connectivity index (χ1n) is 7.07. The molecule has 0 unspecified atom stereocenters. The molecule has 0 atom stereocenters. The second-order valence-electron chi connectivity index (χ2n) is 6.11. The zero-order valence-corrected chi connectivity index (χ0v) is 12.3. The average Bonchev–Trinajstić information content (AvgIpc) is 3.25. The lowest BCUT2D eigenvalue weighted by Gasteiger charge is -2.18. The summed E-state index contributed by atoms with van der Waals surface area (Å²) in [6.07, 6.45) is 0.430. The lowest BCUT2D eigenvalue weighted by molar-refractivity contribution is -0.137. The molecule has 0 saturated heterocycles. The van der Waals surface area contributed by atoms with Gasteiger partial charge < -0.3 is 11.1 Å². The van der Waals surface area contributed by atoms with Crippen LogP contribution < -0.4 is 11.1 Å². The van der Waals surface area contributed by atoms with Crippen LogP contribution in [0.15, 0.2) is 18.2 Å². The zero-order chi connectivity index (χ0) is 15.3. The van der Waals surface area contributed by atoms with Gasteiger partial charge in [-0.15, -0.1) is 0 Å². The van der Waals surface area contributed by atoms with Crippen LogP contribution in [-0.2, 0) is 6.18 Å². The van der Waals surface area contributed by atoms with Crippen molar-refractivity contribution >= 4 is 22.9 Å². The summed E-state index contributed by atoms with van der Waals surface area (Å²) in [5, 5.41) is 3.16. The molecule has 2 aliphatic rings. The van der Waals surface area contributed by atoms with E-state index in [1.54, 1.807) is 6.07 Å². The molecule has 114 valence electrons. The van der Waals surface area contributed by atoms with Crippen molar-refractivity contribution in [3.8, 4) is 0 Å². The number of thiocarbonyl (C=S) groups is 1.